The Labute approximate surface area is 149 Å². The van der Waals surface area contributed by atoms with Gasteiger partial charge in [-0.2, -0.15) is 0 Å². The molecule has 0 amide bonds. The molecule has 5 nitrogen and oxygen atoms in total. The molecule has 130 valence electrons. The molecular weight excluding hydrogens is 333 g/mol. The lowest BCUT2D eigenvalue weighted by atomic mass is 9.97. The van der Waals surface area contributed by atoms with Crippen LogP contribution < -0.4 is 4.74 Å². The van der Waals surface area contributed by atoms with Gasteiger partial charge in [0.2, 0.25) is 5.88 Å². The summed E-state index contributed by atoms with van der Waals surface area (Å²) in [6, 6.07) is 6.89. The van der Waals surface area contributed by atoms with Crippen molar-refractivity contribution < 1.29 is 13.5 Å². The summed E-state index contributed by atoms with van der Waals surface area (Å²) in [4.78, 5) is 12.6. The summed E-state index contributed by atoms with van der Waals surface area (Å²) in [6.45, 7) is 5.49. The Morgan fingerprint density at radius 2 is 1.73 bits per heavy atom. The number of rotatable bonds is 3. The van der Waals surface area contributed by atoms with Gasteiger partial charge in [0.25, 0.3) is 0 Å². The monoisotopic (exact) mass is 349 g/mol. The smallest absolute Gasteiger partial charge is 0.230 e. The number of nitrogens with zero attached hydrogens (tertiary/aromatic N) is 3. The maximum Gasteiger partial charge on any atom is 0.230 e. The van der Waals surface area contributed by atoms with Crippen LogP contribution >= 0.6 is 0 Å². The summed E-state index contributed by atoms with van der Waals surface area (Å²) < 4.78 is 26.1. The van der Waals surface area contributed by atoms with Gasteiger partial charge in [-0.25, -0.2) is 19.3 Å². The van der Waals surface area contributed by atoms with Gasteiger partial charge in [-0.15, -0.1) is 0 Å². The van der Waals surface area contributed by atoms with E-state index in [9.17, 15) is 0 Å². The minimum absolute atomic E-state index is 0.111. The molecule has 26 heavy (non-hydrogen) atoms. The Morgan fingerprint density at radius 1 is 0.962 bits per heavy atom. The third-order valence-electron chi connectivity index (χ3n) is 4.40. The van der Waals surface area contributed by atoms with Crippen molar-refractivity contribution in [2.45, 2.75) is 20.8 Å². The minimum Gasteiger partial charge on any atom is -0.464 e. The lowest BCUT2D eigenvalue weighted by Crippen LogP contribution is -1.99. The molecule has 0 saturated heterocycles. The lowest BCUT2D eigenvalue weighted by Gasteiger charge is -2.14. The van der Waals surface area contributed by atoms with Crippen molar-refractivity contribution in [2.75, 3.05) is 0 Å². The van der Waals surface area contributed by atoms with Gasteiger partial charge < -0.3 is 9.15 Å². The summed E-state index contributed by atoms with van der Waals surface area (Å²) in [5.41, 5.74) is 4.31. The normalized spacial score (nSPS) is 11.1. The van der Waals surface area contributed by atoms with E-state index in [0.29, 0.717) is 22.4 Å². The van der Waals surface area contributed by atoms with Gasteiger partial charge in [0.05, 0.1) is 11.6 Å². The second kappa shape index (κ2) is 6.22. The third kappa shape index (κ3) is 2.60. The molecule has 0 N–H and O–H groups in total. The van der Waals surface area contributed by atoms with Crippen LogP contribution in [0.25, 0.3) is 22.1 Å². The van der Waals surface area contributed by atoms with Gasteiger partial charge in [-0.1, -0.05) is 6.07 Å². The summed E-state index contributed by atoms with van der Waals surface area (Å²) in [5, 5.41) is 0.691. The van der Waals surface area contributed by atoms with E-state index < -0.39 is 5.82 Å². The van der Waals surface area contributed by atoms with E-state index in [0.717, 1.165) is 22.5 Å². The van der Waals surface area contributed by atoms with Crippen LogP contribution in [0.5, 0.6) is 11.6 Å². The second-order valence-electron chi connectivity index (χ2n) is 6.02. The van der Waals surface area contributed by atoms with E-state index >= 15 is 4.39 Å². The van der Waals surface area contributed by atoms with E-state index in [1.165, 1.54) is 6.33 Å². The Kier molecular flexibility index (Phi) is 3.88. The Balaban J connectivity index is 1.79. The predicted octanol–water partition coefficient (Wildman–Crippen LogP) is 5.14. The number of hydrogen-bond acceptors (Lipinski definition) is 5. The van der Waals surface area contributed by atoms with E-state index in [-0.39, 0.29) is 5.75 Å². The number of furan rings is 1. The minimum atomic E-state index is -0.438. The number of aromatic nitrogens is 3. The van der Waals surface area contributed by atoms with Crippen molar-refractivity contribution in [2.24, 2.45) is 0 Å². The zero-order valence-corrected chi connectivity index (χ0v) is 14.6. The van der Waals surface area contributed by atoms with E-state index in [1.807, 2.05) is 19.9 Å². The Bertz CT molecular complexity index is 1100. The molecule has 3 heterocycles. The van der Waals surface area contributed by atoms with Crippen LogP contribution in [0.1, 0.15) is 17.0 Å². The zero-order valence-electron chi connectivity index (χ0n) is 14.6. The highest BCUT2D eigenvalue weighted by Crippen LogP contribution is 2.36. The van der Waals surface area contributed by atoms with Crippen LogP contribution in [0, 0.1) is 26.6 Å². The zero-order chi connectivity index (χ0) is 18.3. The highest BCUT2D eigenvalue weighted by atomic mass is 19.1. The van der Waals surface area contributed by atoms with E-state index in [4.69, 9.17) is 9.15 Å². The number of ether oxygens (including phenoxy) is 1. The average Bonchev–Trinajstić information content (AvgIpc) is 3.10. The fraction of sp³-hybridized carbons (Fsp3) is 0.150. The number of pyridine rings is 1. The van der Waals surface area contributed by atoms with E-state index in [1.54, 1.807) is 37.6 Å². The maximum atomic E-state index is 15.0. The van der Waals surface area contributed by atoms with Crippen LogP contribution in [0.15, 0.2) is 47.5 Å². The standard InChI is InChI=1S/C20H16FN3O2/c1-11-14(18-12(2)23-10-24-13(18)3)4-5-17(19(11)21)26-20-15-7-9-25-16(15)6-8-22-20/h4-10H,1-3H3. The molecule has 0 unspecified atom stereocenters. The molecule has 0 fully saturated rings. The average molecular weight is 349 g/mol. The molecule has 0 saturated carbocycles. The van der Waals surface area contributed by atoms with Gasteiger partial charge in [0.15, 0.2) is 11.6 Å². The fourth-order valence-electron chi connectivity index (χ4n) is 3.05. The largest absolute Gasteiger partial charge is 0.464 e. The second-order valence-corrected chi connectivity index (χ2v) is 6.02. The quantitative estimate of drug-likeness (QED) is 0.512. The van der Waals surface area contributed by atoms with Crippen LogP contribution in [-0.4, -0.2) is 15.0 Å². The first-order valence-corrected chi connectivity index (χ1v) is 8.14. The van der Waals surface area contributed by atoms with Gasteiger partial charge >= 0.3 is 0 Å². The molecule has 1 aromatic carbocycles. The molecule has 4 rings (SSSR count). The topological polar surface area (TPSA) is 61.0 Å². The maximum absolute atomic E-state index is 15.0. The fourth-order valence-corrected chi connectivity index (χ4v) is 3.05. The van der Waals surface area contributed by atoms with Crippen molar-refractivity contribution in [3.8, 4) is 22.8 Å². The summed E-state index contributed by atoms with van der Waals surface area (Å²) in [5.74, 6) is -0.0234. The molecular formula is C20H16FN3O2. The first-order chi connectivity index (χ1) is 12.6. The van der Waals surface area contributed by atoms with Crippen LogP contribution in [0.3, 0.4) is 0 Å². The van der Waals surface area contributed by atoms with Crippen molar-refractivity contribution in [3.05, 3.63) is 65.8 Å². The van der Waals surface area contributed by atoms with Crippen molar-refractivity contribution in [1.29, 1.82) is 0 Å². The Morgan fingerprint density at radius 3 is 2.50 bits per heavy atom. The molecule has 4 aromatic rings. The van der Waals surface area contributed by atoms with Crippen molar-refractivity contribution in [3.63, 3.8) is 0 Å². The number of benzene rings is 1. The molecule has 6 heteroatoms. The highest BCUT2D eigenvalue weighted by molar-refractivity contribution is 5.82. The van der Waals surface area contributed by atoms with Crippen LogP contribution in [0.4, 0.5) is 4.39 Å². The number of halogens is 1. The Hall–Kier alpha value is -3.28. The predicted molar refractivity (Wildman–Crippen MR) is 95.7 cm³/mol. The molecule has 0 aliphatic carbocycles. The first-order valence-electron chi connectivity index (χ1n) is 8.14. The van der Waals surface area contributed by atoms with Crippen molar-refractivity contribution >= 4 is 11.0 Å². The first kappa shape index (κ1) is 16.2. The molecule has 0 atom stereocenters. The number of fused-ring (bicyclic) bond motifs is 1. The van der Waals surface area contributed by atoms with Gasteiger partial charge in [0, 0.05) is 23.1 Å². The van der Waals surface area contributed by atoms with Crippen LogP contribution in [0.2, 0.25) is 0 Å². The molecule has 3 aromatic heterocycles. The van der Waals surface area contributed by atoms with Gasteiger partial charge in [0.1, 0.15) is 11.9 Å². The molecule has 0 bridgehead atoms. The summed E-state index contributed by atoms with van der Waals surface area (Å²) in [6.07, 6.45) is 4.62. The molecule has 0 aliphatic heterocycles. The number of aryl methyl sites for hydroxylation is 2. The SMILES string of the molecule is Cc1ncnc(C)c1-c1ccc(Oc2nccc3occc23)c(F)c1C. The number of hydrogen-bond donors (Lipinski definition) is 0. The third-order valence-corrected chi connectivity index (χ3v) is 4.40. The molecule has 0 aliphatic rings. The highest BCUT2D eigenvalue weighted by Gasteiger charge is 2.18. The van der Waals surface area contributed by atoms with E-state index in [2.05, 4.69) is 15.0 Å². The molecule has 0 radical (unpaired) electrons. The summed E-state index contributed by atoms with van der Waals surface area (Å²) >= 11 is 0. The van der Waals surface area contributed by atoms with Crippen molar-refractivity contribution in [1.82, 2.24) is 15.0 Å². The lowest BCUT2D eigenvalue weighted by molar-refractivity contribution is 0.430. The summed E-state index contributed by atoms with van der Waals surface area (Å²) in [7, 11) is 0. The van der Waals surface area contributed by atoms with Gasteiger partial charge in [-0.3, -0.25) is 0 Å². The van der Waals surface area contributed by atoms with Crippen LogP contribution in [-0.2, 0) is 0 Å². The molecule has 0 spiro atoms. The van der Waals surface area contributed by atoms with Gasteiger partial charge in [-0.05, 0) is 50.1 Å².